The van der Waals surface area contributed by atoms with Crippen LogP contribution in [0, 0.1) is 0 Å². The predicted molar refractivity (Wildman–Crippen MR) is 65.4 cm³/mol. The first-order valence-electron chi connectivity index (χ1n) is 6.11. The van der Waals surface area contributed by atoms with Crippen molar-refractivity contribution in [2.24, 2.45) is 5.73 Å². The Kier molecular flexibility index (Phi) is 5.55. The summed E-state index contributed by atoms with van der Waals surface area (Å²) in [5.74, 6) is 0. The van der Waals surface area contributed by atoms with Crippen molar-refractivity contribution in [3.05, 3.63) is 0 Å². The van der Waals surface area contributed by atoms with Gasteiger partial charge in [0, 0.05) is 46.3 Å². The summed E-state index contributed by atoms with van der Waals surface area (Å²) in [6.07, 6.45) is 1.04. The first-order chi connectivity index (χ1) is 7.69. The summed E-state index contributed by atoms with van der Waals surface area (Å²) in [6, 6.07) is 0.150. The largest absolute Gasteiger partial charge is 0.329 e. The van der Waals surface area contributed by atoms with Crippen LogP contribution in [0.25, 0.3) is 0 Å². The third-order valence-electron chi connectivity index (χ3n) is 3.11. The summed E-state index contributed by atoms with van der Waals surface area (Å²) >= 11 is 0. The van der Waals surface area contributed by atoms with E-state index in [2.05, 4.69) is 4.90 Å². The van der Waals surface area contributed by atoms with E-state index < -0.39 is 0 Å². The van der Waals surface area contributed by atoms with Crippen LogP contribution in [0.1, 0.15) is 13.3 Å². The molecule has 0 aromatic heterocycles. The molecule has 16 heavy (non-hydrogen) atoms. The van der Waals surface area contributed by atoms with Crippen molar-refractivity contribution in [3.8, 4) is 0 Å². The smallest absolute Gasteiger partial charge is 0.319 e. The first kappa shape index (κ1) is 13.3. The van der Waals surface area contributed by atoms with Crippen LogP contribution in [0.5, 0.6) is 0 Å². The van der Waals surface area contributed by atoms with Crippen LogP contribution >= 0.6 is 0 Å². The van der Waals surface area contributed by atoms with E-state index in [0.717, 1.165) is 45.7 Å². The lowest BCUT2D eigenvalue weighted by Gasteiger charge is -2.26. The summed E-state index contributed by atoms with van der Waals surface area (Å²) in [6.45, 7) is 8.08. The van der Waals surface area contributed by atoms with Crippen molar-refractivity contribution in [1.29, 1.82) is 0 Å². The highest BCUT2D eigenvalue weighted by molar-refractivity contribution is 5.74. The maximum Gasteiger partial charge on any atom is 0.319 e. The highest BCUT2D eigenvalue weighted by Crippen LogP contribution is 2.05. The van der Waals surface area contributed by atoms with E-state index in [1.165, 1.54) is 0 Å². The van der Waals surface area contributed by atoms with Crippen LogP contribution < -0.4 is 5.73 Å². The molecule has 94 valence electrons. The topological polar surface area (TPSA) is 52.8 Å². The van der Waals surface area contributed by atoms with Crippen LogP contribution in [0.3, 0.4) is 0 Å². The van der Waals surface area contributed by atoms with E-state index in [4.69, 9.17) is 5.73 Å². The molecule has 0 atom stereocenters. The summed E-state index contributed by atoms with van der Waals surface area (Å²) in [5, 5.41) is 0. The normalized spacial score (nSPS) is 18.3. The fourth-order valence-electron chi connectivity index (χ4n) is 1.95. The number of hydrogen-bond acceptors (Lipinski definition) is 3. The molecule has 1 fully saturated rings. The van der Waals surface area contributed by atoms with Gasteiger partial charge in [-0.3, -0.25) is 0 Å². The Hall–Kier alpha value is -0.810. The molecule has 1 saturated heterocycles. The number of hydrogen-bond donors (Lipinski definition) is 1. The third kappa shape index (κ3) is 3.64. The molecule has 2 amide bonds. The van der Waals surface area contributed by atoms with Crippen molar-refractivity contribution in [1.82, 2.24) is 14.7 Å². The van der Waals surface area contributed by atoms with Crippen LogP contribution in [0.4, 0.5) is 4.79 Å². The van der Waals surface area contributed by atoms with Gasteiger partial charge < -0.3 is 20.4 Å². The molecule has 0 bridgehead atoms. The number of rotatable bonds is 3. The Bertz CT molecular complexity index is 222. The molecule has 0 radical (unpaired) electrons. The lowest BCUT2D eigenvalue weighted by atomic mass is 10.4. The van der Waals surface area contributed by atoms with Gasteiger partial charge in [-0.05, 0) is 19.9 Å². The Balaban J connectivity index is 2.43. The monoisotopic (exact) mass is 228 g/mol. The van der Waals surface area contributed by atoms with Gasteiger partial charge in [-0.25, -0.2) is 4.79 Å². The van der Waals surface area contributed by atoms with Gasteiger partial charge in [-0.15, -0.1) is 0 Å². The molecule has 0 spiro atoms. The zero-order chi connectivity index (χ0) is 12.0. The molecule has 0 aliphatic carbocycles. The van der Waals surface area contributed by atoms with Crippen molar-refractivity contribution in [3.63, 3.8) is 0 Å². The van der Waals surface area contributed by atoms with Gasteiger partial charge in [-0.2, -0.15) is 0 Å². The van der Waals surface area contributed by atoms with Crippen molar-refractivity contribution in [2.45, 2.75) is 13.3 Å². The Morgan fingerprint density at radius 1 is 1.31 bits per heavy atom. The fraction of sp³-hybridized carbons (Fsp3) is 0.909. The molecule has 0 unspecified atom stereocenters. The van der Waals surface area contributed by atoms with Gasteiger partial charge in [0.15, 0.2) is 0 Å². The van der Waals surface area contributed by atoms with Gasteiger partial charge in [0.05, 0.1) is 0 Å². The third-order valence-corrected chi connectivity index (χ3v) is 3.11. The second kappa shape index (κ2) is 6.70. The Morgan fingerprint density at radius 2 is 2.06 bits per heavy atom. The molecule has 5 heteroatoms. The van der Waals surface area contributed by atoms with Crippen LogP contribution in [-0.2, 0) is 0 Å². The van der Waals surface area contributed by atoms with Gasteiger partial charge in [-0.1, -0.05) is 0 Å². The number of carbonyl (C=O) groups is 1. The second-order valence-corrected chi connectivity index (χ2v) is 4.27. The standard InChI is InChI=1S/C11H24N4O/c1-3-13(2)11(16)15-7-4-6-14(8-5-12)9-10-15/h3-10,12H2,1-2H3. The van der Waals surface area contributed by atoms with E-state index >= 15 is 0 Å². The highest BCUT2D eigenvalue weighted by Gasteiger charge is 2.20. The SMILES string of the molecule is CCN(C)C(=O)N1CCCN(CCN)CC1. The van der Waals surface area contributed by atoms with Gasteiger partial charge in [0.2, 0.25) is 0 Å². The summed E-state index contributed by atoms with van der Waals surface area (Å²) in [7, 11) is 1.85. The highest BCUT2D eigenvalue weighted by atomic mass is 16.2. The minimum Gasteiger partial charge on any atom is -0.329 e. The van der Waals surface area contributed by atoms with Crippen molar-refractivity contribution >= 4 is 6.03 Å². The number of amides is 2. The van der Waals surface area contributed by atoms with Crippen LogP contribution in [0.2, 0.25) is 0 Å². The molecule has 1 aliphatic heterocycles. The molecule has 2 N–H and O–H groups in total. The maximum atomic E-state index is 12.0. The van der Waals surface area contributed by atoms with Gasteiger partial charge in [0.25, 0.3) is 0 Å². The molecule has 1 aliphatic rings. The predicted octanol–water partition coefficient (Wildman–Crippen LogP) is 0.0245. The lowest BCUT2D eigenvalue weighted by molar-refractivity contribution is 0.166. The quantitative estimate of drug-likeness (QED) is 0.741. The average Bonchev–Trinajstić information content (AvgIpc) is 2.53. The van der Waals surface area contributed by atoms with Crippen molar-refractivity contribution < 1.29 is 4.79 Å². The van der Waals surface area contributed by atoms with E-state index in [-0.39, 0.29) is 6.03 Å². The molecule has 5 nitrogen and oxygen atoms in total. The molecule has 1 heterocycles. The molecule has 0 aromatic carbocycles. The molecule has 1 rings (SSSR count). The summed E-state index contributed by atoms with van der Waals surface area (Å²) in [5.41, 5.74) is 5.54. The van der Waals surface area contributed by atoms with Crippen LogP contribution in [0.15, 0.2) is 0 Å². The number of nitrogens with two attached hydrogens (primary N) is 1. The van der Waals surface area contributed by atoms with Gasteiger partial charge in [0.1, 0.15) is 0 Å². The number of nitrogens with zero attached hydrogens (tertiary/aromatic N) is 3. The Morgan fingerprint density at radius 3 is 2.69 bits per heavy atom. The average molecular weight is 228 g/mol. The summed E-state index contributed by atoms with van der Waals surface area (Å²) in [4.78, 5) is 18.0. The van der Waals surface area contributed by atoms with E-state index in [0.29, 0.717) is 6.54 Å². The van der Waals surface area contributed by atoms with E-state index in [9.17, 15) is 4.79 Å². The lowest BCUT2D eigenvalue weighted by Crippen LogP contribution is -2.43. The zero-order valence-electron chi connectivity index (χ0n) is 10.5. The van der Waals surface area contributed by atoms with Crippen molar-refractivity contribution in [2.75, 3.05) is 52.9 Å². The second-order valence-electron chi connectivity index (χ2n) is 4.27. The Labute approximate surface area is 98.2 Å². The minimum atomic E-state index is 0.150. The molecule has 0 saturated carbocycles. The van der Waals surface area contributed by atoms with Crippen LogP contribution in [-0.4, -0.2) is 73.6 Å². The first-order valence-corrected chi connectivity index (χ1v) is 6.11. The number of urea groups is 1. The number of carbonyl (C=O) groups excluding carboxylic acids is 1. The summed E-state index contributed by atoms with van der Waals surface area (Å²) < 4.78 is 0. The fourth-order valence-corrected chi connectivity index (χ4v) is 1.95. The molecule has 0 aromatic rings. The minimum absolute atomic E-state index is 0.150. The molecular formula is C11H24N4O. The molecular weight excluding hydrogens is 204 g/mol. The van der Waals surface area contributed by atoms with Gasteiger partial charge >= 0.3 is 6.03 Å². The maximum absolute atomic E-state index is 12.0. The van der Waals surface area contributed by atoms with E-state index in [1.54, 1.807) is 4.90 Å². The van der Waals surface area contributed by atoms with E-state index in [1.807, 2.05) is 18.9 Å². The zero-order valence-corrected chi connectivity index (χ0v) is 10.5.